The minimum Gasteiger partial charge on any atom is -0.481 e. The van der Waals surface area contributed by atoms with Gasteiger partial charge in [-0.1, -0.05) is 23.4 Å². The maximum atomic E-state index is 14.0. The lowest BCUT2D eigenvalue weighted by molar-refractivity contribution is -0.141. The first kappa shape index (κ1) is 15.0. The van der Waals surface area contributed by atoms with E-state index in [4.69, 9.17) is 14.7 Å². The summed E-state index contributed by atoms with van der Waals surface area (Å²) in [4.78, 5) is 10.6. The first-order valence-electron chi connectivity index (χ1n) is 6.66. The molecule has 0 aliphatic heterocycles. The number of para-hydroxylation sites is 1. The molecule has 3 rings (SSSR count). The summed E-state index contributed by atoms with van der Waals surface area (Å²) in [7, 11) is 0. The van der Waals surface area contributed by atoms with Crippen molar-refractivity contribution in [2.45, 2.75) is 12.3 Å². The zero-order valence-corrected chi connectivity index (χ0v) is 11.7. The largest absolute Gasteiger partial charge is 0.481 e. The fourth-order valence-corrected chi connectivity index (χ4v) is 2.49. The molecule has 7 heteroatoms. The number of carboxylic acid groups (broad SMARTS) is 1. The van der Waals surface area contributed by atoms with E-state index in [1.807, 2.05) is 0 Å². The second kappa shape index (κ2) is 5.35. The fraction of sp³-hybridized carbons (Fsp3) is 0.125. The average Bonchev–Trinajstić information content (AvgIpc) is 2.84. The van der Waals surface area contributed by atoms with E-state index in [1.165, 1.54) is 18.2 Å². The van der Waals surface area contributed by atoms with Gasteiger partial charge in [0.25, 0.3) is 0 Å². The van der Waals surface area contributed by atoms with Crippen LogP contribution in [-0.4, -0.2) is 27.9 Å². The van der Waals surface area contributed by atoms with Gasteiger partial charge in [-0.25, -0.2) is 0 Å². The zero-order chi connectivity index (χ0) is 16.6. The zero-order valence-electron chi connectivity index (χ0n) is 11.7. The molecule has 1 heterocycles. The van der Waals surface area contributed by atoms with Crippen LogP contribution < -0.4 is 0 Å². The van der Waals surface area contributed by atoms with E-state index in [1.54, 1.807) is 24.3 Å². The van der Waals surface area contributed by atoms with E-state index in [9.17, 15) is 13.6 Å². The Hall–Kier alpha value is -2.96. The summed E-state index contributed by atoms with van der Waals surface area (Å²) in [5, 5.41) is 21.5. The second-order valence-electron chi connectivity index (χ2n) is 5.03. The van der Waals surface area contributed by atoms with Crippen molar-refractivity contribution in [2.24, 2.45) is 5.16 Å². The Labute approximate surface area is 128 Å². The Morgan fingerprint density at radius 3 is 2.52 bits per heavy atom. The van der Waals surface area contributed by atoms with Crippen LogP contribution in [0.15, 0.2) is 52.0 Å². The standard InChI is InChI=1S/C16H11F2NO4/c17-16(18,8-14(20)21)15(19-22)9-5-6-13-11(7-9)10-3-1-2-4-12(10)23-13/h1-7,22H,8H2,(H,20,21)/b19-15-. The molecule has 3 aromatic rings. The minimum absolute atomic E-state index is 0.0715. The number of furan rings is 1. The highest BCUT2D eigenvalue weighted by molar-refractivity contribution is 6.12. The summed E-state index contributed by atoms with van der Waals surface area (Å²) in [6.07, 6.45) is -1.46. The lowest BCUT2D eigenvalue weighted by atomic mass is 10.00. The van der Waals surface area contributed by atoms with Crippen molar-refractivity contribution in [1.82, 2.24) is 0 Å². The monoisotopic (exact) mass is 319 g/mol. The number of carboxylic acids is 1. The van der Waals surface area contributed by atoms with Gasteiger partial charge in [-0.3, -0.25) is 4.79 Å². The predicted molar refractivity (Wildman–Crippen MR) is 79.2 cm³/mol. The average molecular weight is 319 g/mol. The van der Waals surface area contributed by atoms with Crippen LogP contribution in [0.4, 0.5) is 8.78 Å². The van der Waals surface area contributed by atoms with Crippen LogP contribution in [0.25, 0.3) is 21.9 Å². The predicted octanol–water partition coefficient (Wildman–Crippen LogP) is 3.87. The van der Waals surface area contributed by atoms with Crippen molar-refractivity contribution in [3.63, 3.8) is 0 Å². The number of aliphatic carboxylic acids is 1. The first-order valence-corrected chi connectivity index (χ1v) is 6.66. The van der Waals surface area contributed by atoms with Crippen LogP contribution in [0.5, 0.6) is 0 Å². The Balaban J connectivity index is 2.15. The van der Waals surface area contributed by atoms with Gasteiger partial charge in [0.05, 0.1) is 0 Å². The van der Waals surface area contributed by atoms with Gasteiger partial charge < -0.3 is 14.7 Å². The molecule has 5 nitrogen and oxygen atoms in total. The summed E-state index contributed by atoms with van der Waals surface area (Å²) >= 11 is 0. The highest BCUT2D eigenvalue weighted by Crippen LogP contribution is 2.32. The summed E-state index contributed by atoms with van der Waals surface area (Å²) in [5.41, 5.74) is 0.0260. The fourth-order valence-electron chi connectivity index (χ4n) is 2.49. The molecule has 0 saturated carbocycles. The molecule has 0 aliphatic carbocycles. The van der Waals surface area contributed by atoms with Gasteiger partial charge in [0.1, 0.15) is 17.6 Å². The molecule has 0 bridgehead atoms. The molecular weight excluding hydrogens is 308 g/mol. The third kappa shape index (κ3) is 2.61. The van der Waals surface area contributed by atoms with E-state index in [0.29, 0.717) is 16.6 Å². The number of hydrogen-bond acceptors (Lipinski definition) is 4. The van der Waals surface area contributed by atoms with E-state index in [2.05, 4.69) is 5.16 Å². The molecule has 0 fully saturated rings. The molecule has 23 heavy (non-hydrogen) atoms. The SMILES string of the molecule is O=C(O)CC(F)(F)/C(=N\O)c1ccc2oc3ccccc3c2c1. The third-order valence-corrected chi connectivity index (χ3v) is 3.47. The summed E-state index contributed by atoms with van der Waals surface area (Å²) in [5.74, 6) is -5.49. The van der Waals surface area contributed by atoms with Crippen LogP contribution in [0.1, 0.15) is 12.0 Å². The van der Waals surface area contributed by atoms with E-state index in [0.717, 1.165) is 5.39 Å². The molecule has 0 amide bonds. The maximum Gasteiger partial charge on any atom is 0.309 e. The highest BCUT2D eigenvalue weighted by atomic mass is 19.3. The van der Waals surface area contributed by atoms with Gasteiger partial charge >= 0.3 is 11.9 Å². The number of nitrogens with zero attached hydrogens (tertiary/aromatic N) is 1. The first-order chi connectivity index (χ1) is 10.9. The van der Waals surface area contributed by atoms with Crippen LogP contribution in [0.2, 0.25) is 0 Å². The van der Waals surface area contributed by atoms with Crippen molar-refractivity contribution in [1.29, 1.82) is 0 Å². The van der Waals surface area contributed by atoms with Crippen LogP contribution >= 0.6 is 0 Å². The minimum atomic E-state index is -3.80. The molecule has 0 unspecified atom stereocenters. The van der Waals surface area contributed by atoms with Gasteiger partial charge in [0.2, 0.25) is 0 Å². The molecule has 118 valence electrons. The molecule has 2 N–H and O–H groups in total. The molecular formula is C16H11F2NO4. The lowest BCUT2D eigenvalue weighted by Gasteiger charge is -2.15. The van der Waals surface area contributed by atoms with Gasteiger partial charge in [0, 0.05) is 16.3 Å². The quantitative estimate of drug-likeness (QED) is 0.434. The van der Waals surface area contributed by atoms with Crippen molar-refractivity contribution in [3.05, 3.63) is 48.0 Å². The van der Waals surface area contributed by atoms with E-state index < -0.39 is 24.0 Å². The smallest absolute Gasteiger partial charge is 0.309 e. The molecule has 0 atom stereocenters. The molecule has 0 radical (unpaired) electrons. The molecule has 0 aliphatic rings. The van der Waals surface area contributed by atoms with E-state index >= 15 is 0 Å². The number of oxime groups is 1. The van der Waals surface area contributed by atoms with E-state index in [-0.39, 0.29) is 5.56 Å². The van der Waals surface area contributed by atoms with Gasteiger partial charge in [-0.15, -0.1) is 0 Å². The summed E-state index contributed by atoms with van der Waals surface area (Å²) in [6, 6.07) is 11.3. The Morgan fingerprint density at radius 1 is 1.13 bits per heavy atom. The Kier molecular flexibility index (Phi) is 3.48. The highest BCUT2D eigenvalue weighted by Gasteiger charge is 2.40. The van der Waals surface area contributed by atoms with Crippen molar-refractivity contribution in [3.8, 4) is 0 Å². The van der Waals surface area contributed by atoms with Crippen LogP contribution in [-0.2, 0) is 4.79 Å². The number of rotatable bonds is 4. The van der Waals surface area contributed by atoms with Crippen LogP contribution in [0.3, 0.4) is 0 Å². The normalized spacial score (nSPS) is 12.9. The van der Waals surface area contributed by atoms with Crippen molar-refractivity contribution < 1.29 is 28.3 Å². The molecule has 2 aromatic carbocycles. The summed E-state index contributed by atoms with van der Waals surface area (Å²) in [6.45, 7) is 0. The number of carbonyl (C=O) groups is 1. The molecule has 0 spiro atoms. The number of alkyl halides is 2. The summed E-state index contributed by atoms with van der Waals surface area (Å²) < 4.78 is 33.5. The maximum absolute atomic E-state index is 14.0. The lowest BCUT2D eigenvalue weighted by Crippen LogP contribution is -2.32. The number of benzene rings is 2. The Bertz CT molecular complexity index is 930. The van der Waals surface area contributed by atoms with Crippen molar-refractivity contribution in [2.75, 3.05) is 0 Å². The van der Waals surface area contributed by atoms with Gasteiger partial charge in [0.15, 0.2) is 5.71 Å². The second-order valence-corrected chi connectivity index (χ2v) is 5.03. The van der Waals surface area contributed by atoms with Crippen molar-refractivity contribution >= 4 is 33.6 Å². The van der Waals surface area contributed by atoms with Gasteiger partial charge in [-0.2, -0.15) is 8.78 Å². The Morgan fingerprint density at radius 2 is 1.83 bits per heavy atom. The van der Waals surface area contributed by atoms with Gasteiger partial charge in [-0.05, 0) is 24.3 Å². The number of hydrogen-bond donors (Lipinski definition) is 2. The molecule has 1 aromatic heterocycles. The molecule has 0 saturated heterocycles. The third-order valence-electron chi connectivity index (χ3n) is 3.47. The van der Waals surface area contributed by atoms with Crippen LogP contribution in [0, 0.1) is 0 Å². The topological polar surface area (TPSA) is 83.0 Å². The number of fused-ring (bicyclic) bond motifs is 3. The number of halogens is 2.